The van der Waals surface area contributed by atoms with Crippen molar-refractivity contribution < 1.29 is 4.79 Å². The molecule has 1 nitrogen and oxygen atoms in total. The normalized spacial score (nSPS) is 59.9. The summed E-state index contributed by atoms with van der Waals surface area (Å²) >= 11 is 5.73. The lowest BCUT2D eigenvalue weighted by Crippen LogP contribution is -2.34. The van der Waals surface area contributed by atoms with Gasteiger partial charge < -0.3 is 0 Å². The van der Waals surface area contributed by atoms with Crippen LogP contribution >= 0.6 is 11.6 Å². The third kappa shape index (κ3) is 0.988. The van der Waals surface area contributed by atoms with Crippen LogP contribution in [0.15, 0.2) is 0 Å². The van der Waals surface area contributed by atoms with Gasteiger partial charge in [0.25, 0.3) is 0 Å². The van der Waals surface area contributed by atoms with Crippen LogP contribution in [-0.2, 0) is 4.79 Å². The lowest BCUT2D eigenvalue weighted by Gasteiger charge is -2.37. The van der Waals surface area contributed by atoms with E-state index in [9.17, 15) is 4.79 Å². The molecule has 15 heavy (non-hydrogen) atoms. The fraction of sp³-hybridized carbons (Fsp3) is 0.923. The van der Waals surface area contributed by atoms with Crippen molar-refractivity contribution in [2.75, 3.05) is 0 Å². The summed E-state index contributed by atoms with van der Waals surface area (Å²) in [7, 11) is 0. The molecule has 0 aliphatic heterocycles. The van der Waals surface area contributed by atoms with E-state index >= 15 is 0 Å². The third-order valence-electron chi connectivity index (χ3n) is 6.03. The Kier molecular flexibility index (Phi) is 1.68. The second kappa shape index (κ2) is 2.80. The van der Waals surface area contributed by atoms with Crippen LogP contribution in [0, 0.1) is 41.4 Å². The maximum absolute atomic E-state index is 11.4. The van der Waals surface area contributed by atoms with E-state index in [1.807, 2.05) is 0 Å². The average molecular weight is 225 g/mol. The molecule has 4 fully saturated rings. The fourth-order valence-electron chi connectivity index (χ4n) is 5.83. The van der Waals surface area contributed by atoms with Crippen molar-refractivity contribution in [3.8, 4) is 0 Å². The monoisotopic (exact) mass is 224 g/mol. The van der Waals surface area contributed by atoms with E-state index in [0.29, 0.717) is 5.92 Å². The minimum Gasteiger partial charge on any atom is -0.281 e. The maximum atomic E-state index is 11.4. The molecule has 0 aromatic heterocycles. The zero-order valence-electron chi connectivity index (χ0n) is 8.86. The minimum absolute atomic E-state index is 0.0382. The van der Waals surface area contributed by atoms with Crippen LogP contribution < -0.4 is 0 Å². The Morgan fingerprint density at radius 1 is 0.933 bits per heavy atom. The van der Waals surface area contributed by atoms with E-state index in [1.165, 1.54) is 25.7 Å². The molecule has 0 amide bonds. The summed E-state index contributed by atoms with van der Waals surface area (Å²) in [6, 6.07) is 0. The maximum Gasteiger partial charge on any atom is 0.225 e. The van der Waals surface area contributed by atoms with Crippen LogP contribution in [-0.4, -0.2) is 5.24 Å². The highest BCUT2D eigenvalue weighted by Gasteiger charge is 2.63. The number of hydrogen-bond donors (Lipinski definition) is 0. The summed E-state index contributed by atoms with van der Waals surface area (Å²) in [4.78, 5) is 11.4. The smallest absolute Gasteiger partial charge is 0.225 e. The van der Waals surface area contributed by atoms with Gasteiger partial charge in [0.2, 0.25) is 5.24 Å². The van der Waals surface area contributed by atoms with Gasteiger partial charge in [-0.3, -0.25) is 4.79 Å². The van der Waals surface area contributed by atoms with Crippen molar-refractivity contribution in [1.29, 1.82) is 0 Å². The second-order valence-electron chi connectivity index (χ2n) is 6.29. The molecule has 4 aliphatic carbocycles. The first-order valence-electron chi connectivity index (χ1n) is 6.45. The molecular formula is C13H17ClO. The van der Waals surface area contributed by atoms with Gasteiger partial charge in [0, 0.05) is 5.92 Å². The van der Waals surface area contributed by atoms with E-state index in [2.05, 4.69) is 0 Å². The molecule has 4 aliphatic rings. The van der Waals surface area contributed by atoms with Crippen LogP contribution in [0.5, 0.6) is 0 Å². The number of carbonyl (C=O) groups excluding carboxylic acids is 1. The Morgan fingerprint density at radius 2 is 1.67 bits per heavy atom. The number of hydrogen-bond acceptors (Lipinski definition) is 1. The summed E-state index contributed by atoms with van der Waals surface area (Å²) in [6.45, 7) is 0. The summed E-state index contributed by atoms with van der Waals surface area (Å²) in [6.07, 6.45) is 6.85. The standard InChI is InChI=1S/C13H17ClO/c14-13(15)10-5-8-4-9(10)12-7-2-1-6(3-7)11(8)12/h6-12H,1-5H2. The molecule has 0 N–H and O–H groups in total. The molecule has 7 atom stereocenters. The Hall–Kier alpha value is -0.0400. The molecule has 2 heteroatoms. The first-order valence-corrected chi connectivity index (χ1v) is 6.83. The van der Waals surface area contributed by atoms with Gasteiger partial charge in [-0.05, 0) is 79.2 Å². The zero-order valence-corrected chi connectivity index (χ0v) is 9.62. The molecule has 0 spiro atoms. The van der Waals surface area contributed by atoms with Crippen LogP contribution in [0.2, 0.25) is 0 Å². The lowest BCUT2D eigenvalue weighted by molar-refractivity contribution is -0.118. The first-order chi connectivity index (χ1) is 7.25. The molecule has 0 aromatic carbocycles. The van der Waals surface area contributed by atoms with E-state index in [-0.39, 0.29) is 11.2 Å². The molecule has 4 bridgehead atoms. The Labute approximate surface area is 95.6 Å². The predicted molar refractivity (Wildman–Crippen MR) is 58.4 cm³/mol. The quantitative estimate of drug-likeness (QED) is 0.494. The van der Waals surface area contributed by atoms with Crippen LogP contribution in [0.1, 0.15) is 32.1 Å². The molecule has 0 saturated heterocycles. The van der Waals surface area contributed by atoms with Crippen molar-refractivity contribution in [2.45, 2.75) is 32.1 Å². The van der Waals surface area contributed by atoms with Gasteiger partial charge in [-0.1, -0.05) is 0 Å². The van der Waals surface area contributed by atoms with E-state index in [4.69, 9.17) is 11.6 Å². The molecule has 0 heterocycles. The fourth-order valence-corrected chi connectivity index (χ4v) is 6.08. The molecule has 4 rings (SSSR count). The lowest BCUT2D eigenvalue weighted by atomic mass is 9.68. The summed E-state index contributed by atoms with van der Waals surface area (Å²) < 4.78 is 0. The number of rotatable bonds is 1. The van der Waals surface area contributed by atoms with E-state index in [0.717, 1.165) is 36.0 Å². The first kappa shape index (κ1) is 9.04. The highest BCUT2D eigenvalue weighted by Crippen LogP contribution is 2.68. The van der Waals surface area contributed by atoms with Crippen molar-refractivity contribution >= 4 is 16.8 Å². The molecule has 0 aromatic rings. The average Bonchev–Trinajstić information content (AvgIpc) is 2.95. The number of carbonyl (C=O) groups is 1. The number of halogens is 1. The van der Waals surface area contributed by atoms with Gasteiger partial charge >= 0.3 is 0 Å². The van der Waals surface area contributed by atoms with Gasteiger partial charge in [0.05, 0.1) is 0 Å². The van der Waals surface area contributed by atoms with E-state index < -0.39 is 0 Å². The second-order valence-corrected chi connectivity index (χ2v) is 6.67. The number of fused-ring (bicyclic) bond motifs is 9. The topological polar surface area (TPSA) is 17.1 Å². The Bertz CT molecular complexity index is 326. The van der Waals surface area contributed by atoms with Gasteiger partial charge in [-0.15, -0.1) is 0 Å². The molecule has 7 unspecified atom stereocenters. The third-order valence-corrected chi connectivity index (χ3v) is 6.31. The van der Waals surface area contributed by atoms with Gasteiger partial charge in [0.15, 0.2) is 0 Å². The largest absolute Gasteiger partial charge is 0.281 e. The SMILES string of the molecule is O=C(Cl)C1CC2CC1C1C3CCC(C3)C21. The highest BCUT2D eigenvalue weighted by atomic mass is 35.5. The van der Waals surface area contributed by atoms with Crippen LogP contribution in [0.4, 0.5) is 0 Å². The molecule has 0 radical (unpaired) electrons. The van der Waals surface area contributed by atoms with Crippen LogP contribution in [0.25, 0.3) is 0 Å². The summed E-state index contributed by atoms with van der Waals surface area (Å²) in [5.74, 6) is 5.67. The Morgan fingerprint density at radius 3 is 2.40 bits per heavy atom. The van der Waals surface area contributed by atoms with Gasteiger partial charge in [0.1, 0.15) is 0 Å². The Balaban J connectivity index is 1.68. The van der Waals surface area contributed by atoms with Crippen LogP contribution in [0.3, 0.4) is 0 Å². The molecule has 82 valence electrons. The van der Waals surface area contributed by atoms with Crippen molar-refractivity contribution in [3.63, 3.8) is 0 Å². The van der Waals surface area contributed by atoms with Crippen molar-refractivity contribution in [1.82, 2.24) is 0 Å². The van der Waals surface area contributed by atoms with Crippen molar-refractivity contribution in [3.05, 3.63) is 0 Å². The molecule has 4 saturated carbocycles. The van der Waals surface area contributed by atoms with Crippen molar-refractivity contribution in [2.24, 2.45) is 41.4 Å². The van der Waals surface area contributed by atoms with E-state index in [1.54, 1.807) is 0 Å². The highest BCUT2D eigenvalue weighted by molar-refractivity contribution is 6.64. The zero-order chi connectivity index (χ0) is 10.2. The summed E-state index contributed by atoms with van der Waals surface area (Å²) in [5.41, 5.74) is 0. The minimum atomic E-state index is -0.0382. The predicted octanol–water partition coefficient (Wildman–Crippen LogP) is 3.07. The molecular weight excluding hydrogens is 208 g/mol. The van der Waals surface area contributed by atoms with Gasteiger partial charge in [-0.25, -0.2) is 0 Å². The summed E-state index contributed by atoms with van der Waals surface area (Å²) in [5, 5.41) is -0.0382. The van der Waals surface area contributed by atoms with Gasteiger partial charge in [-0.2, -0.15) is 0 Å².